The van der Waals surface area contributed by atoms with E-state index in [4.69, 9.17) is 9.84 Å². The standard InChI is InChI=1S/C13H19NO5S/c1-8(15)14-12-9(13(18)19-2)7-20-10(12)5-3-4-6-11(16)17/h10H,3-7H2,1-2H3,(H,14,15)(H,16,17). The average molecular weight is 301 g/mol. The molecule has 1 rings (SSSR count). The number of rotatable bonds is 7. The quantitative estimate of drug-likeness (QED) is 0.544. The Hall–Kier alpha value is -1.50. The molecule has 1 atom stereocenters. The molecule has 0 fully saturated rings. The van der Waals surface area contributed by atoms with Crippen molar-refractivity contribution in [1.82, 2.24) is 5.32 Å². The molecule has 1 unspecified atom stereocenters. The number of esters is 1. The normalized spacial score (nSPS) is 18.0. The first-order valence-corrected chi connectivity index (χ1v) is 7.43. The van der Waals surface area contributed by atoms with Gasteiger partial charge < -0.3 is 15.2 Å². The van der Waals surface area contributed by atoms with Crippen LogP contribution in [0.1, 0.15) is 32.6 Å². The van der Waals surface area contributed by atoms with Crippen LogP contribution in [0.5, 0.6) is 0 Å². The Morgan fingerprint density at radius 1 is 1.40 bits per heavy atom. The molecule has 0 aromatic rings. The summed E-state index contributed by atoms with van der Waals surface area (Å²) >= 11 is 1.57. The maximum Gasteiger partial charge on any atom is 0.336 e. The van der Waals surface area contributed by atoms with Gasteiger partial charge in [-0.05, 0) is 12.8 Å². The fraction of sp³-hybridized carbons (Fsp3) is 0.615. The van der Waals surface area contributed by atoms with Crippen molar-refractivity contribution in [3.8, 4) is 0 Å². The minimum Gasteiger partial charge on any atom is -0.481 e. The number of hydrogen-bond donors (Lipinski definition) is 2. The van der Waals surface area contributed by atoms with Crippen LogP contribution >= 0.6 is 11.8 Å². The summed E-state index contributed by atoms with van der Waals surface area (Å²) in [4.78, 5) is 33.3. The van der Waals surface area contributed by atoms with E-state index in [-0.39, 0.29) is 17.6 Å². The van der Waals surface area contributed by atoms with Gasteiger partial charge in [0.2, 0.25) is 5.91 Å². The van der Waals surface area contributed by atoms with Crippen LogP contribution in [0.3, 0.4) is 0 Å². The molecular weight excluding hydrogens is 282 g/mol. The van der Waals surface area contributed by atoms with Crippen molar-refractivity contribution >= 4 is 29.6 Å². The molecule has 7 heteroatoms. The van der Waals surface area contributed by atoms with Gasteiger partial charge in [-0.25, -0.2) is 4.79 Å². The lowest BCUT2D eigenvalue weighted by Crippen LogP contribution is -2.27. The van der Waals surface area contributed by atoms with Crippen LogP contribution in [0, 0.1) is 0 Å². The molecule has 20 heavy (non-hydrogen) atoms. The molecular formula is C13H19NO5S. The molecule has 1 heterocycles. The number of carboxylic acid groups (broad SMARTS) is 1. The molecule has 6 nitrogen and oxygen atoms in total. The number of aliphatic carboxylic acids is 1. The molecule has 0 saturated heterocycles. The Balaban J connectivity index is 2.65. The molecule has 112 valence electrons. The average Bonchev–Trinajstić information content (AvgIpc) is 2.76. The zero-order valence-electron chi connectivity index (χ0n) is 11.6. The maximum absolute atomic E-state index is 11.6. The highest BCUT2D eigenvalue weighted by Crippen LogP contribution is 2.34. The van der Waals surface area contributed by atoms with E-state index in [9.17, 15) is 14.4 Å². The summed E-state index contributed by atoms with van der Waals surface area (Å²) in [5.74, 6) is -0.947. The lowest BCUT2D eigenvalue weighted by molar-refractivity contribution is -0.137. The molecule has 0 spiro atoms. The summed E-state index contributed by atoms with van der Waals surface area (Å²) in [6.45, 7) is 1.40. The number of ether oxygens (including phenoxy) is 1. The minimum atomic E-state index is -0.808. The van der Waals surface area contributed by atoms with Gasteiger partial charge in [-0.3, -0.25) is 9.59 Å². The molecule has 1 aliphatic heterocycles. The van der Waals surface area contributed by atoms with E-state index >= 15 is 0 Å². The van der Waals surface area contributed by atoms with Gasteiger partial charge in [0.25, 0.3) is 0 Å². The van der Waals surface area contributed by atoms with Gasteiger partial charge in [0.1, 0.15) is 0 Å². The Labute approximate surface area is 121 Å². The zero-order valence-corrected chi connectivity index (χ0v) is 12.4. The second-order valence-corrected chi connectivity index (χ2v) is 5.70. The first kappa shape index (κ1) is 16.6. The zero-order chi connectivity index (χ0) is 15.1. The lowest BCUT2D eigenvalue weighted by Gasteiger charge is -2.14. The lowest BCUT2D eigenvalue weighted by atomic mass is 10.1. The van der Waals surface area contributed by atoms with Gasteiger partial charge in [-0.15, -0.1) is 11.8 Å². The summed E-state index contributed by atoms with van der Waals surface area (Å²) < 4.78 is 4.71. The largest absolute Gasteiger partial charge is 0.481 e. The van der Waals surface area contributed by atoms with Gasteiger partial charge in [0.15, 0.2) is 0 Å². The van der Waals surface area contributed by atoms with Crippen molar-refractivity contribution in [3.63, 3.8) is 0 Å². The van der Waals surface area contributed by atoms with Gasteiger partial charge in [0, 0.05) is 30.0 Å². The first-order chi connectivity index (χ1) is 9.45. The smallest absolute Gasteiger partial charge is 0.336 e. The number of thioether (sulfide) groups is 1. The third kappa shape index (κ3) is 4.88. The van der Waals surface area contributed by atoms with Crippen LogP contribution in [-0.2, 0) is 19.1 Å². The minimum absolute atomic E-state index is 0.0156. The molecule has 0 bridgehead atoms. The number of nitrogens with one attached hydrogen (secondary N) is 1. The van der Waals surface area contributed by atoms with E-state index in [0.29, 0.717) is 23.4 Å². The van der Waals surface area contributed by atoms with Crippen LogP contribution in [0.2, 0.25) is 0 Å². The second kappa shape index (κ2) is 7.94. The fourth-order valence-corrected chi connectivity index (χ4v) is 3.35. The number of hydrogen-bond acceptors (Lipinski definition) is 5. The van der Waals surface area contributed by atoms with Crippen molar-refractivity contribution in [2.45, 2.75) is 37.9 Å². The first-order valence-electron chi connectivity index (χ1n) is 6.38. The van der Waals surface area contributed by atoms with E-state index in [1.807, 2.05) is 0 Å². The van der Waals surface area contributed by atoms with Crippen molar-refractivity contribution in [2.75, 3.05) is 12.9 Å². The molecule has 0 saturated carbocycles. The molecule has 0 aromatic heterocycles. The van der Waals surface area contributed by atoms with Crippen molar-refractivity contribution in [3.05, 3.63) is 11.3 Å². The fourth-order valence-electron chi connectivity index (χ4n) is 2.01. The number of unbranched alkanes of at least 4 members (excludes halogenated alkanes) is 1. The van der Waals surface area contributed by atoms with Gasteiger partial charge >= 0.3 is 11.9 Å². The summed E-state index contributed by atoms with van der Waals surface area (Å²) in [6, 6.07) is 0. The van der Waals surface area contributed by atoms with E-state index in [0.717, 1.165) is 12.8 Å². The van der Waals surface area contributed by atoms with Crippen LogP contribution in [0.4, 0.5) is 0 Å². The summed E-state index contributed by atoms with van der Waals surface area (Å²) in [5, 5.41) is 11.3. The van der Waals surface area contributed by atoms with Crippen LogP contribution < -0.4 is 5.32 Å². The highest BCUT2D eigenvalue weighted by molar-refractivity contribution is 8.00. The summed E-state index contributed by atoms with van der Waals surface area (Å²) in [7, 11) is 1.31. The van der Waals surface area contributed by atoms with Gasteiger partial charge in [-0.1, -0.05) is 6.42 Å². The second-order valence-electron chi connectivity index (χ2n) is 4.50. The predicted octanol–water partition coefficient (Wildman–Crippen LogP) is 1.31. The Kier molecular flexibility index (Phi) is 6.57. The van der Waals surface area contributed by atoms with E-state index in [1.54, 1.807) is 11.8 Å². The third-order valence-corrected chi connectivity index (χ3v) is 4.25. The molecule has 0 aliphatic carbocycles. The van der Waals surface area contributed by atoms with E-state index in [2.05, 4.69) is 5.32 Å². The molecule has 0 aromatic carbocycles. The SMILES string of the molecule is COC(=O)C1=C(NC(C)=O)C(CCCCC(=O)O)SC1. The monoisotopic (exact) mass is 301 g/mol. The van der Waals surface area contributed by atoms with E-state index < -0.39 is 11.9 Å². The van der Waals surface area contributed by atoms with E-state index in [1.165, 1.54) is 14.0 Å². The molecule has 1 amide bonds. The Morgan fingerprint density at radius 3 is 2.65 bits per heavy atom. The number of carbonyl (C=O) groups is 3. The van der Waals surface area contributed by atoms with Crippen molar-refractivity contribution < 1.29 is 24.2 Å². The molecule has 0 radical (unpaired) electrons. The number of amides is 1. The van der Waals surface area contributed by atoms with Crippen molar-refractivity contribution in [2.24, 2.45) is 0 Å². The molecule has 2 N–H and O–H groups in total. The predicted molar refractivity (Wildman–Crippen MR) is 75.2 cm³/mol. The van der Waals surface area contributed by atoms with Gasteiger partial charge in [0.05, 0.1) is 12.7 Å². The number of carbonyl (C=O) groups excluding carboxylic acids is 2. The highest BCUT2D eigenvalue weighted by atomic mass is 32.2. The number of carboxylic acids is 1. The summed E-state index contributed by atoms with van der Waals surface area (Å²) in [6.07, 6.45) is 2.20. The van der Waals surface area contributed by atoms with Crippen LogP contribution in [-0.4, -0.2) is 41.1 Å². The number of methoxy groups -OCH3 is 1. The summed E-state index contributed by atoms with van der Waals surface area (Å²) in [5.41, 5.74) is 1.11. The van der Waals surface area contributed by atoms with Crippen LogP contribution in [0.15, 0.2) is 11.3 Å². The highest BCUT2D eigenvalue weighted by Gasteiger charge is 2.30. The molecule has 1 aliphatic rings. The van der Waals surface area contributed by atoms with Crippen molar-refractivity contribution in [1.29, 1.82) is 0 Å². The maximum atomic E-state index is 11.6. The Morgan fingerprint density at radius 2 is 2.10 bits per heavy atom. The third-order valence-electron chi connectivity index (χ3n) is 2.93. The topological polar surface area (TPSA) is 92.7 Å². The van der Waals surface area contributed by atoms with Crippen LogP contribution in [0.25, 0.3) is 0 Å². The van der Waals surface area contributed by atoms with Gasteiger partial charge in [-0.2, -0.15) is 0 Å². The Bertz CT molecular complexity index is 432.